The predicted octanol–water partition coefficient (Wildman–Crippen LogP) is 4.40. The Labute approximate surface area is 212 Å². The van der Waals surface area contributed by atoms with Crippen LogP contribution in [0.2, 0.25) is 10.0 Å². The molecule has 2 amide bonds. The third-order valence-corrected chi connectivity index (χ3v) is 7.17. The molecule has 0 aliphatic heterocycles. The highest BCUT2D eigenvalue weighted by molar-refractivity contribution is 7.92. The van der Waals surface area contributed by atoms with Crippen molar-refractivity contribution < 1.29 is 18.0 Å². The summed E-state index contributed by atoms with van der Waals surface area (Å²) in [6, 6.07) is 11.0. The van der Waals surface area contributed by atoms with Crippen LogP contribution in [0.3, 0.4) is 0 Å². The third-order valence-electron chi connectivity index (χ3n) is 5.29. The average molecular weight is 529 g/mol. The summed E-state index contributed by atoms with van der Waals surface area (Å²) < 4.78 is 26.2. The molecule has 2 aromatic rings. The molecule has 186 valence electrons. The quantitative estimate of drug-likeness (QED) is 0.495. The van der Waals surface area contributed by atoms with Crippen LogP contribution in [-0.4, -0.2) is 50.0 Å². The van der Waals surface area contributed by atoms with Crippen molar-refractivity contribution in [3.8, 4) is 0 Å². The van der Waals surface area contributed by atoms with Gasteiger partial charge in [0, 0.05) is 12.6 Å². The molecule has 0 bridgehead atoms. The number of hydrogen-bond donors (Lipinski definition) is 1. The van der Waals surface area contributed by atoms with E-state index in [0.29, 0.717) is 6.42 Å². The van der Waals surface area contributed by atoms with Gasteiger partial charge in [0.2, 0.25) is 21.8 Å². The summed E-state index contributed by atoms with van der Waals surface area (Å²) in [5.41, 5.74) is 2.04. The largest absolute Gasteiger partial charge is 0.352 e. The minimum absolute atomic E-state index is 0.110. The SMILES string of the molecule is CC[C@@H](C(=O)NC(C)C)N(Cc1ccccc1C)C(=O)CN(c1ccc(Cl)c(Cl)c1)S(C)(=O)=O. The fourth-order valence-corrected chi connectivity index (χ4v) is 4.66. The number of nitrogens with one attached hydrogen (secondary N) is 1. The molecular weight excluding hydrogens is 497 g/mol. The second-order valence-corrected chi connectivity index (χ2v) is 11.1. The number of amides is 2. The number of carbonyl (C=O) groups is 2. The van der Waals surface area contributed by atoms with Gasteiger partial charge in [0.05, 0.1) is 22.0 Å². The molecule has 2 rings (SSSR count). The van der Waals surface area contributed by atoms with Crippen molar-refractivity contribution in [3.63, 3.8) is 0 Å². The molecule has 0 radical (unpaired) electrons. The standard InChI is InChI=1S/C24H31Cl2N3O4S/c1-6-22(24(31)27-16(2)3)28(14-18-10-8-7-9-17(18)4)23(30)15-29(34(5,32)33)19-11-12-20(25)21(26)13-19/h7-13,16,22H,6,14-15H2,1-5H3,(H,27,31)/t22-/m0/s1. The first-order chi connectivity index (χ1) is 15.8. The number of aryl methyl sites for hydroxylation is 1. The first-order valence-electron chi connectivity index (χ1n) is 10.9. The molecule has 1 N–H and O–H groups in total. The van der Waals surface area contributed by atoms with E-state index < -0.39 is 28.5 Å². The monoisotopic (exact) mass is 527 g/mol. The molecule has 0 aromatic heterocycles. The molecule has 0 fully saturated rings. The molecule has 0 unspecified atom stereocenters. The van der Waals surface area contributed by atoms with Crippen molar-refractivity contribution in [2.45, 2.75) is 52.7 Å². The van der Waals surface area contributed by atoms with Gasteiger partial charge in [-0.1, -0.05) is 54.4 Å². The van der Waals surface area contributed by atoms with E-state index >= 15 is 0 Å². The highest BCUT2D eigenvalue weighted by atomic mass is 35.5. The van der Waals surface area contributed by atoms with Gasteiger partial charge in [0.1, 0.15) is 12.6 Å². The number of sulfonamides is 1. The van der Waals surface area contributed by atoms with E-state index in [1.165, 1.54) is 23.1 Å². The van der Waals surface area contributed by atoms with Crippen molar-refractivity contribution in [1.29, 1.82) is 0 Å². The molecule has 10 heteroatoms. The lowest BCUT2D eigenvalue weighted by Crippen LogP contribution is -2.53. The van der Waals surface area contributed by atoms with Crippen molar-refractivity contribution >= 4 is 50.7 Å². The van der Waals surface area contributed by atoms with Crippen molar-refractivity contribution in [2.75, 3.05) is 17.1 Å². The molecule has 0 spiro atoms. The normalized spacial score (nSPS) is 12.4. The number of nitrogens with zero attached hydrogens (tertiary/aromatic N) is 2. The van der Waals surface area contributed by atoms with E-state index in [2.05, 4.69) is 5.32 Å². The maximum Gasteiger partial charge on any atom is 0.244 e. The molecule has 34 heavy (non-hydrogen) atoms. The van der Waals surface area contributed by atoms with E-state index in [4.69, 9.17) is 23.2 Å². The van der Waals surface area contributed by atoms with Crippen LogP contribution in [0.25, 0.3) is 0 Å². The van der Waals surface area contributed by atoms with E-state index in [1.54, 1.807) is 0 Å². The van der Waals surface area contributed by atoms with Gasteiger partial charge in [-0.15, -0.1) is 0 Å². The second kappa shape index (κ2) is 11.9. The second-order valence-electron chi connectivity index (χ2n) is 8.40. The van der Waals surface area contributed by atoms with Gasteiger partial charge in [-0.2, -0.15) is 0 Å². The van der Waals surface area contributed by atoms with Crippen LogP contribution < -0.4 is 9.62 Å². The van der Waals surface area contributed by atoms with Gasteiger partial charge in [0.15, 0.2) is 0 Å². The van der Waals surface area contributed by atoms with Crippen molar-refractivity contribution in [1.82, 2.24) is 10.2 Å². The summed E-state index contributed by atoms with van der Waals surface area (Å²) in [4.78, 5) is 28.0. The summed E-state index contributed by atoms with van der Waals surface area (Å²) in [7, 11) is -3.85. The van der Waals surface area contributed by atoms with Gasteiger partial charge in [0.25, 0.3) is 0 Å². The van der Waals surface area contributed by atoms with Gasteiger partial charge >= 0.3 is 0 Å². The lowest BCUT2D eigenvalue weighted by atomic mass is 10.1. The van der Waals surface area contributed by atoms with E-state index in [9.17, 15) is 18.0 Å². The molecule has 0 heterocycles. The molecule has 7 nitrogen and oxygen atoms in total. The van der Waals surface area contributed by atoms with E-state index in [1.807, 2.05) is 52.0 Å². The number of carbonyl (C=O) groups excluding carboxylic acids is 2. The van der Waals surface area contributed by atoms with Crippen LogP contribution in [0, 0.1) is 6.92 Å². The first-order valence-corrected chi connectivity index (χ1v) is 13.5. The van der Waals surface area contributed by atoms with Crippen LogP contribution in [0.15, 0.2) is 42.5 Å². The number of hydrogen-bond acceptors (Lipinski definition) is 4. The summed E-state index contributed by atoms with van der Waals surface area (Å²) >= 11 is 12.1. The van der Waals surface area contributed by atoms with E-state index in [0.717, 1.165) is 21.7 Å². The van der Waals surface area contributed by atoms with Crippen LogP contribution in [-0.2, 0) is 26.2 Å². The smallest absolute Gasteiger partial charge is 0.244 e. The Morgan fingerprint density at radius 1 is 1.06 bits per heavy atom. The number of rotatable bonds is 10. The molecule has 2 aromatic carbocycles. The Kier molecular flexibility index (Phi) is 9.79. The Bertz CT molecular complexity index is 1140. The van der Waals surface area contributed by atoms with Crippen molar-refractivity contribution in [3.05, 3.63) is 63.6 Å². The molecule has 1 atom stereocenters. The Hall–Kier alpha value is -2.29. The van der Waals surface area contributed by atoms with Gasteiger partial charge in [-0.25, -0.2) is 8.42 Å². The summed E-state index contributed by atoms with van der Waals surface area (Å²) in [6.45, 7) is 7.09. The Morgan fingerprint density at radius 3 is 2.24 bits per heavy atom. The topological polar surface area (TPSA) is 86.8 Å². The average Bonchev–Trinajstić information content (AvgIpc) is 2.73. The predicted molar refractivity (Wildman–Crippen MR) is 138 cm³/mol. The number of benzene rings is 2. The molecule has 0 saturated carbocycles. The zero-order valence-corrected chi connectivity index (χ0v) is 22.3. The highest BCUT2D eigenvalue weighted by Gasteiger charge is 2.32. The third kappa shape index (κ3) is 7.35. The first kappa shape index (κ1) is 28.0. The summed E-state index contributed by atoms with van der Waals surface area (Å²) in [5.74, 6) is -0.801. The lowest BCUT2D eigenvalue weighted by molar-refractivity contribution is -0.140. The maximum absolute atomic E-state index is 13.6. The van der Waals surface area contributed by atoms with Crippen LogP contribution in [0.5, 0.6) is 0 Å². The van der Waals surface area contributed by atoms with Gasteiger partial charge in [-0.3, -0.25) is 13.9 Å². The highest BCUT2D eigenvalue weighted by Crippen LogP contribution is 2.28. The molecule has 0 aliphatic rings. The van der Waals surface area contributed by atoms with E-state index in [-0.39, 0.29) is 34.2 Å². The summed E-state index contributed by atoms with van der Waals surface area (Å²) in [6.07, 6.45) is 1.37. The molecular formula is C24H31Cl2N3O4S. The number of halogens is 2. The van der Waals surface area contributed by atoms with Crippen LogP contribution in [0.4, 0.5) is 5.69 Å². The fraction of sp³-hybridized carbons (Fsp3) is 0.417. The van der Waals surface area contributed by atoms with Gasteiger partial charge < -0.3 is 10.2 Å². The summed E-state index contributed by atoms with van der Waals surface area (Å²) in [5, 5.41) is 3.29. The Balaban J connectivity index is 2.48. The van der Waals surface area contributed by atoms with Crippen LogP contribution >= 0.6 is 23.2 Å². The fourth-order valence-electron chi connectivity index (χ4n) is 3.53. The molecule has 0 saturated heterocycles. The zero-order valence-electron chi connectivity index (χ0n) is 20.0. The minimum atomic E-state index is -3.85. The minimum Gasteiger partial charge on any atom is -0.352 e. The van der Waals surface area contributed by atoms with Crippen molar-refractivity contribution in [2.24, 2.45) is 0 Å². The number of anilines is 1. The maximum atomic E-state index is 13.6. The Morgan fingerprint density at radius 2 is 1.71 bits per heavy atom. The molecule has 0 aliphatic carbocycles. The van der Waals surface area contributed by atoms with Crippen LogP contribution in [0.1, 0.15) is 38.3 Å². The van der Waals surface area contributed by atoms with Gasteiger partial charge in [-0.05, 0) is 56.5 Å². The lowest BCUT2D eigenvalue weighted by Gasteiger charge is -2.33. The zero-order chi connectivity index (χ0) is 25.6.